The average Bonchev–Trinajstić information content (AvgIpc) is 3.40. The second-order valence-corrected chi connectivity index (χ2v) is 10.8. The van der Waals surface area contributed by atoms with Gasteiger partial charge in [0.05, 0.1) is 6.67 Å². The van der Waals surface area contributed by atoms with Gasteiger partial charge in [-0.15, -0.1) is 0 Å². The van der Waals surface area contributed by atoms with E-state index < -0.39 is 0 Å². The summed E-state index contributed by atoms with van der Waals surface area (Å²) in [5.41, 5.74) is 9.03. The van der Waals surface area contributed by atoms with E-state index in [4.69, 9.17) is 0 Å². The van der Waals surface area contributed by atoms with Gasteiger partial charge in [-0.05, 0) is 90.9 Å². The Morgan fingerprint density at radius 2 is 0.861 bits per heavy atom. The van der Waals surface area contributed by atoms with Gasteiger partial charge in [-0.3, -0.25) is 0 Å². The third-order valence-corrected chi connectivity index (χ3v) is 8.92. The van der Waals surface area contributed by atoms with Crippen molar-refractivity contribution in [3.8, 4) is 0 Å². The number of anilines is 2. The van der Waals surface area contributed by atoms with Crippen LogP contribution < -0.4 is 9.80 Å². The Kier molecular flexibility index (Phi) is 10.5. The van der Waals surface area contributed by atoms with Gasteiger partial charge in [0.25, 0.3) is 0 Å². The van der Waals surface area contributed by atoms with Crippen LogP contribution in [-0.2, 0) is 0 Å². The molecule has 0 spiro atoms. The van der Waals surface area contributed by atoms with Crippen molar-refractivity contribution in [3.05, 3.63) is 71.1 Å². The maximum absolute atomic E-state index is 2.56. The van der Waals surface area contributed by atoms with Crippen LogP contribution in [0.2, 0.25) is 0 Å². The number of nitrogens with zero attached hydrogens (tertiary/aromatic N) is 2. The molecule has 0 radical (unpaired) electrons. The lowest BCUT2D eigenvalue weighted by molar-refractivity contribution is 0.621. The molecule has 3 rings (SSSR count). The molecule has 198 valence electrons. The van der Waals surface area contributed by atoms with Gasteiger partial charge < -0.3 is 9.80 Å². The van der Waals surface area contributed by atoms with E-state index in [-0.39, 0.29) is 0 Å². The lowest BCUT2D eigenvalue weighted by atomic mass is 9.85. The lowest BCUT2D eigenvalue weighted by Crippen LogP contribution is -2.29. The average molecular weight is 489 g/mol. The van der Waals surface area contributed by atoms with E-state index >= 15 is 0 Å². The van der Waals surface area contributed by atoms with Gasteiger partial charge in [0.2, 0.25) is 0 Å². The van der Waals surface area contributed by atoms with Gasteiger partial charge in [0.1, 0.15) is 0 Å². The lowest BCUT2D eigenvalue weighted by Gasteiger charge is -2.33. The van der Waals surface area contributed by atoms with E-state index in [0.717, 1.165) is 13.1 Å². The number of benzene rings is 2. The van der Waals surface area contributed by atoms with Crippen molar-refractivity contribution in [1.29, 1.82) is 0 Å². The maximum atomic E-state index is 2.56. The third-order valence-electron chi connectivity index (χ3n) is 8.92. The number of rotatable bonds is 13. The molecule has 2 nitrogen and oxygen atoms in total. The van der Waals surface area contributed by atoms with Crippen LogP contribution in [0.5, 0.6) is 0 Å². The molecule has 0 N–H and O–H groups in total. The zero-order valence-electron chi connectivity index (χ0n) is 24.5. The van der Waals surface area contributed by atoms with E-state index in [0.29, 0.717) is 23.7 Å². The first-order valence-corrected chi connectivity index (χ1v) is 15.0. The number of hydrogen-bond donors (Lipinski definition) is 0. The molecule has 1 aliphatic heterocycles. The summed E-state index contributed by atoms with van der Waals surface area (Å²) >= 11 is 0. The highest BCUT2D eigenvalue weighted by molar-refractivity contribution is 5.71. The van der Waals surface area contributed by atoms with Crippen molar-refractivity contribution < 1.29 is 0 Å². The molecule has 0 bridgehead atoms. The molecule has 2 heteroatoms. The third kappa shape index (κ3) is 5.68. The van der Waals surface area contributed by atoms with Gasteiger partial charge in [0.15, 0.2) is 0 Å². The van der Waals surface area contributed by atoms with Crippen LogP contribution in [-0.4, -0.2) is 6.67 Å². The molecule has 0 unspecified atom stereocenters. The summed E-state index contributed by atoms with van der Waals surface area (Å²) in [6, 6.07) is 14.2. The zero-order valence-corrected chi connectivity index (χ0v) is 24.5. The molecule has 1 heterocycles. The Bertz CT molecular complexity index is 948. The topological polar surface area (TPSA) is 6.48 Å². The molecule has 1 aliphatic rings. The van der Waals surface area contributed by atoms with E-state index in [1.807, 2.05) is 0 Å². The minimum absolute atomic E-state index is 0.550. The Morgan fingerprint density at radius 1 is 0.528 bits per heavy atom. The van der Waals surface area contributed by atoms with Crippen molar-refractivity contribution in [2.75, 3.05) is 16.5 Å². The molecule has 2 aromatic carbocycles. The summed E-state index contributed by atoms with van der Waals surface area (Å²) in [5, 5.41) is 0. The Hall–Kier alpha value is -2.22. The van der Waals surface area contributed by atoms with Gasteiger partial charge in [-0.2, -0.15) is 0 Å². The van der Waals surface area contributed by atoms with Crippen LogP contribution in [0.25, 0.3) is 0 Å². The Balaban J connectivity index is 2.12. The molecular formula is C34H52N2. The number of para-hydroxylation sites is 2. The standard InChI is InChI=1S/C34H52N2/c1-9-25(8)29-18-16-19-30(26(10-2)11-3)33(29)35-22-23-36(24-35)34-31(27(12-4)13-5)20-17-21-32(34)28(14-6)15-7/h16-23,25-28H,9-15,24H2,1-8H3/t25-/m0/s1. The largest absolute Gasteiger partial charge is 0.327 e. The van der Waals surface area contributed by atoms with Gasteiger partial charge >= 0.3 is 0 Å². The van der Waals surface area contributed by atoms with Crippen molar-refractivity contribution >= 4 is 11.4 Å². The summed E-state index contributed by atoms with van der Waals surface area (Å²) < 4.78 is 0. The molecule has 0 aliphatic carbocycles. The van der Waals surface area contributed by atoms with E-state index in [2.05, 4.69) is 114 Å². The van der Waals surface area contributed by atoms with Gasteiger partial charge in [-0.25, -0.2) is 0 Å². The Morgan fingerprint density at radius 3 is 1.19 bits per heavy atom. The molecule has 0 amide bonds. The van der Waals surface area contributed by atoms with Crippen LogP contribution in [0.4, 0.5) is 11.4 Å². The first-order chi connectivity index (χ1) is 17.5. The SMILES string of the molecule is CCC(CC)c1cccc(C(CC)CC)c1N1C=CN(c2c(C(CC)CC)cccc2[C@@H](C)CC)C1. The van der Waals surface area contributed by atoms with Crippen molar-refractivity contribution in [2.24, 2.45) is 0 Å². The minimum Gasteiger partial charge on any atom is -0.327 e. The number of hydrogen-bond acceptors (Lipinski definition) is 2. The fourth-order valence-electron chi connectivity index (χ4n) is 6.32. The molecule has 0 fully saturated rings. The molecule has 0 saturated carbocycles. The predicted molar refractivity (Wildman–Crippen MR) is 161 cm³/mol. The molecule has 1 atom stereocenters. The minimum atomic E-state index is 0.550. The summed E-state index contributed by atoms with van der Waals surface area (Å²) in [7, 11) is 0. The van der Waals surface area contributed by atoms with Gasteiger partial charge in [0, 0.05) is 23.8 Å². The normalized spacial score (nSPS) is 14.6. The summed E-state index contributed by atoms with van der Waals surface area (Å²) in [6.07, 6.45) is 13.0. The molecular weight excluding hydrogens is 436 g/mol. The highest BCUT2D eigenvalue weighted by Crippen LogP contribution is 2.44. The van der Waals surface area contributed by atoms with E-state index in [9.17, 15) is 0 Å². The second-order valence-electron chi connectivity index (χ2n) is 10.8. The quantitative estimate of drug-likeness (QED) is 0.276. The van der Waals surface area contributed by atoms with Crippen molar-refractivity contribution in [1.82, 2.24) is 0 Å². The predicted octanol–water partition coefficient (Wildman–Crippen LogP) is 10.7. The molecule has 2 aromatic rings. The van der Waals surface area contributed by atoms with Crippen LogP contribution >= 0.6 is 0 Å². The smallest absolute Gasteiger partial charge is 0.0989 e. The first-order valence-electron chi connectivity index (χ1n) is 15.0. The molecule has 0 aromatic heterocycles. The van der Waals surface area contributed by atoms with E-state index in [1.165, 1.54) is 72.2 Å². The fraction of sp³-hybridized carbons (Fsp3) is 0.588. The van der Waals surface area contributed by atoms with Crippen LogP contribution in [0.1, 0.15) is 146 Å². The first kappa shape index (κ1) is 28.4. The van der Waals surface area contributed by atoms with E-state index in [1.54, 1.807) is 0 Å². The zero-order chi connectivity index (χ0) is 26.2. The van der Waals surface area contributed by atoms with Crippen molar-refractivity contribution in [2.45, 2.75) is 124 Å². The fourth-order valence-corrected chi connectivity index (χ4v) is 6.32. The summed E-state index contributed by atoms with van der Waals surface area (Å²) in [4.78, 5) is 5.11. The maximum Gasteiger partial charge on any atom is 0.0989 e. The monoisotopic (exact) mass is 488 g/mol. The molecule has 0 saturated heterocycles. The van der Waals surface area contributed by atoms with Crippen LogP contribution in [0.15, 0.2) is 48.8 Å². The second kappa shape index (κ2) is 13.4. The Labute approximate surface area is 222 Å². The highest BCUT2D eigenvalue weighted by atomic mass is 15.3. The van der Waals surface area contributed by atoms with Crippen LogP contribution in [0, 0.1) is 0 Å². The van der Waals surface area contributed by atoms with Crippen molar-refractivity contribution in [3.63, 3.8) is 0 Å². The summed E-state index contributed by atoms with van der Waals surface area (Å²) in [5.74, 6) is 2.35. The van der Waals surface area contributed by atoms with Crippen LogP contribution in [0.3, 0.4) is 0 Å². The van der Waals surface area contributed by atoms with Gasteiger partial charge in [-0.1, -0.05) is 91.8 Å². The molecule has 36 heavy (non-hydrogen) atoms. The highest BCUT2D eigenvalue weighted by Gasteiger charge is 2.28. The summed E-state index contributed by atoms with van der Waals surface area (Å²) in [6.45, 7) is 19.7.